The minimum atomic E-state index is -0.934. The molecule has 0 spiro atoms. The normalized spacial score (nSPS) is 23.5. The summed E-state index contributed by atoms with van der Waals surface area (Å²) in [5, 5.41) is 12.2. The van der Waals surface area contributed by atoms with Crippen molar-refractivity contribution in [2.75, 3.05) is 6.54 Å². The van der Waals surface area contributed by atoms with Gasteiger partial charge in [-0.05, 0) is 31.6 Å². The molecular weight excluding hydrogens is 244 g/mol. The third-order valence-corrected chi connectivity index (χ3v) is 3.66. The van der Waals surface area contributed by atoms with E-state index in [1.54, 1.807) is 6.08 Å². The Kier molecular flexibility index (Phi) is 4.97. The standard InChI is InChI=1S/C14H24N2O3/c1-5-7-10(2)15-13(19)16-9-6-8-14(3,4)11(16)12(17)18/h5,10-11H,1,6-9H2,2-4H3,(H,15,19)(H,17,18). The van der Waals surface area contributed by atoms with Crippen LogP contribution in [0.2, 0.25) is 0 Å². The highest BCUT2D eigenvalue weighted by molar-refractivity contribution is 5.83. The molecule has 0 aliphatic carbocycles. The van der Waals surface area contributed by atoms with Gasteiger partial charge in [-0.2, -0.15) is 0 Å². The lowest BCUT2D eigenvalue weighted by Crippen LogP contribution is -2.59. The highest BCUT2D eigenvalue weighted by Gasteiger charge is 2.44. The van der Waals surface area contributed by atoms with Gasteiger partial charge in [0.2, 0.25) is 0 Å². The summed E-state index contributed by atoms with van der Waals surface area (Å²) in [4.78, 5) is 25.1. The van der Waals surface area contributed by atoms with E-state index < -0.39 is 17.4 Å². The molecule has 1 heterocycles. The molecule has 0 aromatic heterocycles. The van der Waals surface area contributed by atoms with Crippen LogP contribution in [-0.2, 0) is 4.79 Å². The van der Waals surface area contributed by atoms with Crippen LogP contribution in [0.3, 0.4) is 0 Å². The number of amides is 2. The van der Waals surface area contributed by atoms with Crippen LogP contribution in [0.4, 0.5) is 4.79 Å². The molecule has 0 radical (unpaired) electrons. The van der Waals surface area contributed by atoms with Crippen molar-refractivity contribution in [1.29, 1.82) is 0 Å². The number of carbonyl (C=O) groups is 2. The average molecular weight is 268 g/mol. The molecule has 108 valence electrons. The molecular formula is C14H24N2O3. The summed E-state index contributed by atoms with van der Waals surface area (Å²) in [6.07, 6.45) is 4.05. The first-order chi connectivity index (χ1) is 8.79. The number of aliphatic carboxylic acids is 1. The number of carboxylic acid groups (broad SMARTS) is 1. The summed E-state index contributed by atoms with van der Waals surface area (Å²) < 4.78 is 0. The van der Waals surface area contributed by atoms with Crippen LogP contribution in [0.1, 0.15) is 40.0 Å². The first-order valence-corrected chi connectivity index (χ1v) is 6.70. The first kappa shape index (κ1) is 15.5. The topological polar surface area (TPSA) is 69.6 Å². The summed E-state index contributed by atoms with van der Waals surface area (Å²) in [5.41, 5.74) is -0.400. The zero-order chi connectivity index (χ0) is 14.6. The van der Waals surface area contributed by atoms with Crippen molar-refractivity contribution in [1.82, 2.24) is 10.2 Å². The summed E-state index contributed by atoms with van der Waals surface area (Å²) in [5.74, 6) is -0.934. The minimum Gasteiger partial charge on any atom is -0.480 e. The van der Waals surface area contributed by atoms with E-state index in [1.807, 2.05) is 20.8 Å². The van der Waals surface area contributed by atoms with E-state index >= 15 is 0 Å². The van der Waals surface area contributed by atoms with Gasteiger partial charge in [0.15, 0.2) is 0 Å². The second-order valence-corrected chi connectivity index (χ2v) is 5.90. The minimum absolute atomic E-state index is 0.0375. The van der Waals surface area contributed by atoms with Gasteiger partial charge in [-0.15, -0.1) is 6.58 Å². The van der Waals surface area contributed by atoms with Gasteiger partial charge in [0.25, 0.3) is 0 Å². The Labute approximate surface area is 114 Å². The molecule has 0 aromatic carbocycles. The van der Waals surface area contributed by atoms with Crippen LogP contribution in [0.25, 0.3) is 0 Å². The van der Waals surface area contributed by atoms with Gasteiger partial charge in [0, 0.05) is 12.6 Å². The molecule has 5 heteroatoms. The predicted molar refractivity (Wildman–Crippen MR) is 74.0 cm³/mol. The number of rotatable bonds is 4. The van der Waals surface area contributed by atoms with Gasteiger partial charge >= 0.3 is 12.0 Å². The second-order valence-electron chi connectivity index (χ2n) is 5.90. The van der Waals surface area contributed by atoms with Crippen LogP contribution in [0, 0.1) is 5.41 Å². The quantitative estimate of drug-likeness (QED) is 0.768. The summed E-state index contributed by atoms with van der Waals surface area (Å²) in [7, 11) is 0. The number of hydrogen-bond acceptors (Lipinski definition) is 2. The molecule has 2 amide bonds. The molecule has 1 aliphatic heterocycles. The molecule has 1 rings (SSSR count). The fraction of sp³-hybridized carbons (Fsp3) is 0.714. The zero-order valence-corrected chi connectivity index (χ0v) is 12.0. The number of urea groups is 1. The Morgan fingerprint density at radius 1 is 1.58 bits per heavy atom. The van der Waals surface area contributed by atoms with Crippen LogP contribution in [0.5, 0.6) is 0 Å². The lowest BCUT2D eigenvalue weighted by Gasteiger charge is -2.44. The number of likely N-dealkylation sites (tertiary alicyclic amines) is 1. The van der Waals surface area contributed by atoms with Crippen LogP contribution >= 0.6 is 0 Å². The van der Waals surface area contributed by atoms with Gasteiger partial charge in [0.05, 0.1) is 0 Å². The number of nitrogens with zero attached hydrogens (tertiary/aromatic N) is 1. The summed E-state index contributed by atoms with van der Waals surface area (Å²) in [6.45, 7) is 9.80. The van der Waals surface area contributed by atoms with E-state index in [1.165, 1.54) is 4.90 Å². The van der Waals surface area contributed by atoms with Crippen LogP contribution in [-0.4, -0.2) is 40.6 Å². The van der Waals surface area contributed by atoms with Crippen molar-refractivity contribution >= 4 is 12.0 Å². The Morgan fingerprint density at radius 3 is 2.74 bits per heavy atom. The molecule has 5 nitrogen and oxygen atoms in total. The number of carbonyl (C=O) groups excluding carboxylic acids is 1. The smallest absolute Gasteiger partial charge is 0.327 e. The fourth-order valence-corrected chi connectivity index (χ4v) is 2.68. The first-order valence-electron chi connectivity index (χ1n) is 6.70. The van der Waals surface area contributed by atoms with E-state index in [0.717, 1.165) is 12.8 Å². The van der Waals surface area contributed by atoms with E-state index in [2.05, 4.69) is 11.9 Å². The lowest BCUT2D eigenvalue weighted by atomic mass is 9.76. The highest BCUT2D eigenvalue weighted by atomic mass is 16.4. The van der Waals surface area contributed by atoms with Crippen molar-refractivity contribution in [2.24, 2.45) is 5.41 Å². The van der Waals surface area contributed by atoms with Gasteiger partial charge < -0.3 is 15.3 Å². The Hall–Kier alpha value is -1.52. The Morgan fingerprint density at radius 2 is 2.21 bits per heavy atom. The molecule has 1 saturated heterocycles. The average Bonchev–Trinajstić information content (AvgIpc) is 2.26. The van der Waals surface area contributed by atoms with Crippen molar-refractivity contribution in [3.63, 3.8) is 0 Å². The monoisotopic (exact) mass is 268 g/mol. The lowest BCUT2D eigenvalue weighted by molar-refractivity contribution is -0.148. The van der Waals surface area contributed by atoms with Crippen molar-refractivity contribution in [3.8, 4) is 0 Å². The van der Waals surface area contributed by atoms with E-state index in [0.29, 0.717) is 13.0 Å². The number of nitrogens with one attached hydrogen (secondary N) is 1. The van der Waals surface area contributed by atoms with Gasteiger partial charge in [-0.1, -0.05) is 19.9 Å². The van der Waals surface area contributed by atoms with Gasteiger partial charge in [-0.25, -0.2) is 9.59 Å². The maximum atomic E-state index is 12.2. The largest absolute Gasteiger partial charge is 0.480 e. The number of carboxylic acids is 1. The summed E-state index contributed by atoms with van der Waals surface area (Å²) >= 11 is 0. The van der Waals surface area contributed by atoms with Crippen LogP contribution in [0.15, 0.2) is 12.7 Å². The Balaban J connectivity index is 2.81. The van der Waals surface area contributed by atoms with Crippen molar-refractivity contribution < 1.29 is 14.7 Å². The van der Waals surface area contributed by atoms with Crippen molar-refractivity contribution in [2.45, 2.75) is 52.1 Å². The molecule has 2 atom stereocenters. The van der Waals surface area contributed by atoms with Crippen molar-refractivity contribution in [3.05, 3.63) is 12.7 Å². The highest BCUT2D eigenvalue weighted by Crippen LogP contribution is 2.35. The number of piperidine rings is 1. The second kappa shape index (κ2) is 6.08. The maximum absolute atomic E-state index is 12.2. The van der Waals surface area contributed by atoms with E-state index in [4.69, 9.17) is 0 Å². The number of hydrogen-bond donors (Lipinski definition) is 2. The molecule has 2 unspecified atom stereocenters. The molecule has 1 fully saturated rings. The molecule has 0 saturated carbocycles. The zero-order valence-electron chi connectivity index (χ0n) is 12.0. The molecule has 0 bridgehead atoms. The molecule has 19 heavy (non-hydrogen) atoms. The van der Waals surface area contributed by atoms with Gasteiger partial charge in [-0.3, -0.25) is 0 Å². The van der Waals surface area contributed by atoms with E-state index in [9.17, 15) is 14.7 Å². The fourth-order valence-electron chi connectivity index (χ4n) is 2.68. The maximum Gasteiger partial charge on any atom is 0.327 e. The third kappa shape index (κ3) is 3.72. The predicted octanol–water partition coefficient (Wildman–Crippen LogP) is 2.24. The molecule has 2 N–H and O–H groups in total. The van der Waals surface area contributed by atoms with Crippen LogP contribution < -0.4 is 5.32 Å². The van der Waals surface area contributed by atoms with Gasteiger partial charge in [0.1, 0.15) is 6.04 Å². The molecule has 0 aromatic rings. The Bertz CT molecular complexity index is 366. The summed E-state index contributed by atoms with van der Waals surface area (Å²) in [6, 6.07) is -1.10. The van der Waals surface area contributed by atoms with E-state index in [-0.39, 0.29) is 12.1 Å². The SMILES string of the molecule is C=CCC(C)NC(=O)N1CCCC(C)(C)C1C(=O)O. The third-order valence-electron chi connectivity index (χ3n) is 3.66. The molecule has 1 aliphatic rings.